The quantitative estimate of drug-likeness (QED) is 0.484. The van der Waals surface area contributed by atoms with Crippen LogP contribution in [0.1, 0.15) is 48.2 Å². The highest BCUT2D eigenvalue weighted by Gasteiger charge is 2.25. The maximum atomic E-state index is 13.4. The molecule has 1 amide bonds. The molecule has 2 aliphatic heterocycles. The maximum Gasteiger partial charge on any atom is 0.274 e. The Kier molecular flexibility index (Phi) is 7.36. The minimum absolute atomic E-state index is 0.0662. The Hall–Kier alpha value is -2.97. The molecule has 180 valence electrons. The van der Waals surface area contributed by atoms with Crippen molar-refractivity contribution in [2.75, 3.05) is 39.4 Å². The highest BCUT2D eigenvalue weighted by molar-refractivity contribution is 5.93. The van der Waals surface area contributed by atoms with Crippen LogP contribution in [-0.4, -0.2) is 75.8 Å². The number of hydrogen-bond acceptors (Lipinski definition) is 6. The molecule has 34 heavy (non-hydrogen) atoms. The van der Waals surface area contributed by atoms with Crippen LogP contribution in [0.25, 0.3) is 5.65 Å². The van der Waals surface area contributed by atoms with Crippen LogP contribution in [0.15, 0.2) is 48.8 Å². The highest BCUT2D eigenvalue weighted by atomic mass is 16.5. The van der Waals surface area contributed by atoms with Crippen molar-refractivity contribution >= 4 is 11.6 Å². The van der Waals surface area contributed by atoms with Crippen LogP contribution >= 0.6 is 0 Å². The van der Waals surface area contributed by atoms with Crippen LogP contribution in [0.2, 0.25) is 0 Å². The number of nitrogens with zero attached hydrogens (tertiary/aromatic N) is 5. The van der Waals surface area contributed by atoms with Gasteiger partial charge in [0.2, 0.25) is 0 Å². The second-order valence-corrected chi connectivity index (χ2v) is 9.17. The van der Waals surface area contributed by atoms with E-state index in [9.17, 15) is 4.79 Å². The van der Waals surface area contributed by atoms with E-state index in [0.717, 1.165) is 37.3 Å². The van der Waals surface area contributed by atoms with E-state index in [1.165, 1.54) is 32.4 Å². The number of likely N-dealkylation sites (tertiary alicyclic amines) is 1. The summed E-state index contributed by atoms with van der Waals surface area (Å²) in [4.78, 5) is 22.0. The summed E-state index contributed by atoms with van der Waals surface area (Å²) < 4.78 is 13.4. The van der Waals surface area contributed by atoms with E-state index >= 15 is 0 Å². The Morgan fingerprint density at radius 3 is 2.76 bits per heavy atom. The predicted octanol–water partition coefficient (Wildman–Crippen LogP) is 3.42. The summed E-state index contributed by atoms with van der Waals surface area (Å²) in [6, 6.07) is 11.6. The van der Waals surface area contributed by atoms with Crippen LogP contribution in [0.3, 0.4) is 0 Å². The van der Waals surface area contributed by atoms with Gasteiger partial charge < -0.3 is 14.4 Å². The van der Waals surface area contributed by atoms with Crippen molar-refractivity contribution in [1.82, 2.24) is 24.4 Å². The average molecular weight is 464 g/mol. The Morgan fingerprint density at radius 1 is 1.15 bits per heavy atom. The van der Waals surface area contributed by atoms with E-state index < -0.39 is 0 Å². The topological polar surface area (TPSA) is 72.2 Å². The van der Waals surface area contributed by atoms with E-state index in [2.05, 4.69) is 15.0 Å². The van der Waals surface area contributed by atoms with Gasteiger partial charge in [-0.3, -0.25) is 9.69 Å². The third-order valence-electron chi connectivity index (χ3n) is 6.61. The van der Waals surface area contributed by atoms with Gasteiger partial charge in [0.1, 0.15) is 12.4 Å². The zero-order valence-electron chi connectivity index (χ0n) is 19.6. The van der Waals surface area contributed by atoms with Crippen LogP contribution in [0.5, 0.6) is 5.75 Å². The Labute approximate surface area is 200 Å². The van der Waals surface area contributed by atoms with Crippen LogP contribution in [-0.2, 0) is 11.3 Å². The average Bonchev–Trinajstić information content (AvgIpc) is 3.55. The summed E-state index contributed by atoms with van der Waals surface area (Å²) in [5, 5.41) is 4.43. The number of fused-ring (bicyclic) bond motifs is 1. The van der Waals surface area contributed by atoms with Crippen molar-refractivity contribution in [3.05, 3.63) is 60.0 Å². The fraction of sp³-hybridized carbons (Fsp3) is 0.500. The van der Waals surface area contributed by atoms with E-state index in [4.69, 9.17) is 9.47 Å². The van der Waals surface area contributed by atoms with Crippen LogP contribution in [0, 0.1) is 0 Å². The Bertz CT molecular complexity index is 1040. The number of benzene rings is 1. The number of carbonyl (C=O) groups excluding carboxylic acids is 1. The fourth-order valence-corrected chi connectivity index (χ4v) is 4.74. The molecule has 0 saturated carbocycles. The van der Waals surface area contributed by atoms with Crippen molar-refractivity contribution < 1.29 is 14.3 Å². The van der Waals surface area contributed by atoms with Gasteiger partial charge >= 0.3 is 0 Å². The van der Waals surface area contributed by atoms with E-state index in [1.54, 1.807) is 29.0 Å². The minimum Gasteiger partial charge on any atom is -0.492 e. The van der Waals surface area contributed by atoms with Gasteiger partial charge in [-0.25, -0.2) is 9.50 Å². The first kappa shape index (κ1) is 22.8. The first-order chi connectivity index (χ1) is 16.7. The second kappa shape index (κ2) is 11.0. The number of carbonyl (C=O) groups is 1. The first-order valence-corrected chi connectivity index (χ1v) is 12.4. The number of ether oxygens (including phenoxy) is 2. The van der Waals surface area contributed by atoms with Gasteiger partial charge in [-0.1, -0.05) is 18.6 Å². The van der Waals surface area contributed by atoms with Crippen molar-refractivity contribution in [2.45, 2.75) is 44.8 Å². The lowest BCUT2D eigenvalue weighted by atomic mass is 10.1. The first-order valence-electron chi connectivity index (χ1n) is 12.4. The number of piperidine rings is 1. The van der Waals surface area contributed by atoms with E-state index in [1.807, 2.05) is 29.2 Å². The molecule has 0 radical (unpaired) electrons. The molecular weight excluding hydrogens is 430 g/mol. The lowest BCUT2D eigenvalue weighted by Crippen LogP contribution is -2.37. The zero-order valence-corrected chi connectivity index (χ0v) is 19.6. The normalized spacial score (nSPS) is 18.9. The Balaban J connectivity index is 1.22. The Morgan fingerprint density at radius 2 is 2.00 bits per heavy atom. The monoisotopic (exact) mass is 463 g/mol. The van der Waals surface area contributed by atoms with Crippen molar-refractivity contribution in [2.24, 2.45) is 0 Å². The van der Waals surface area contributed by atoms with Gasteiger partial charge in [0, 0.05) is 44.7 Å². The minimum atomic E-state index is -0.108. The summed E-state index contributed by atoms with van der Waals surface area (Å²) in [6.07, 6.45) is 9.51. The standard InChI is InChI=1S/C26H33N5O3/c32-26(24-18-25-27-11-5-14-31(25)28-24)30(20-23-6-4-16-33-23)19-21-7-9-22(10-8-21)34-17-15-29-12-2-1-3-13-29/h5,7-11,14,18,23H,1-4,6,12-13,15-17,19-20H2. The molecule has 5 rings (SSSR count). The molecule has 3 aromatic rings. The largest absolute Gasteiger partial charge is 0.492 e. The van der Waals surface area contributed by atoms with Gasteiger partial charge in [-0.15, -0.1) is 0 Å². The molecule has 0 spiro atoms. The molecule has 2 aliphatic rings. The fourth-order valence-electron chi connectivity index (χ4n) is 4.74. The molecule has 1 atom stereocenters. The summed E-state index contributed by atoms with van der Waals surface area (Å²) in [6.45, 7) is 5.83. The lowest BCUT2D eigenvalue weighted by Gasteiger charge is -2.26. The molecule has 0 bridgehead atoms. The lowest BCUT2D eigenvalue weighted by molar-refractivity contribution is 0.0502. The summed E-state index contributed by atoms with van der Waals surface area (Å²) in [7, 11) is 0. The molecule has 4 heterocycles. The number of hydrogen-bond donors (Lipinski definition) is 0. The maximum absolute atomic E-state index is 13.4. The molecule has 2 fully saturated rings. The van der Waals surface area contributed by atoms with Crippen molar-refractivity contribution in [1.29, 1.82) is 0 Å². The molecule has 0 aliphatic carbocycles. The molecule has 1 aromatic carbocycles. The third-order valence-corrected chi connectivity index (χ3v) is 6.61. The van der Waals surface area contributed by atoms with Gasteiger partial charge in [-0.2, -0.15) is 5.10 Å². The van der Waals surface area contributed by atoms with Crippen molar-refractivity contribution in [3.63, 3.8) is 0 Å². The number of rotatable bonds is 9. The SMILES string of the molecule is O=C(c1cc2ncccn2n1)N(Cc1ccc(OCCN2CCCCC2)cc1)CC1CCCO1. The van der Waals surface area contributed by atoms with Gasteiger partial charge in [0.05, 0.1) is 6.10 Å². The van der Waals surface area contributed by atoms with E-state index in [-0.39, 0.29) is 12.0 Å². The predicted molar refractivity (Wildman–Crippen MR) is 129 cm³/mol. The zero-order chi connectivity index (χ0) is 23.2. The smallest absolute Gasteiger partial charge is 0.274 e. The van der Waals surface area contributed by atoms with Crippen LogP contribution in [0.4, 0.5) is 0 Å². The molecule has 2 saturated heterocycles. The molecule has 8 heteroatoms. The molecule has 2 aromatic heterocycles. The van der Waals surface area contributed by atoms with Gasteiger partial charge in [0.25, 0.3) is 5.91 Å². The number of aromatic nitrogens is 3. The van der Waals surface area contributed by atoms with Gasteiger partial charge in [0.15, 0.2) is 11.3 Å². The van der Waals surface area contributed by atoms with Crippen LogP contribution < -0.4 is 4.74 Å². The summed E-state index contributed by atoms with van der Waals surface area (Å²) in [5.74, 6) is 0.757. The number of amides is 1. The summed E-state index contributed by atoms with van der Waals surface area (Å²) in [5.41, 5.74) is 2.11. The molecule has 1 unspecified atom stereocenters. The van der Waals surface area contributed by atoms with Gasteiger partial charge in [-0.05, 0) is 62.5 Å². The van der Waals surface area contributed by atoms with E-state index in [0.29, 0.717) is 31.0 Å². The molecule has 0 N–H and O–H groups in total. The molecular formula is C26H33N5O3. The van der Waals surface area contributed by atoms with Crippen molar-refractivity contribution in [3.8, 4) is 5.75 Å². The molecule has 8 nitrogen and oxygen atoms in total. The highest BCUT2D eigenvalue weighted by Crippen LogP contribution is 2.19. The summed E-state index contributed by atoms with van der Waals surface area (Å²) >= 11 is 0. The second-order valence-electron chi connectivity index (χ2n) is 9.17. The third kappa shape index (κ3) is 5.74.